The molecule has 100 valence electrons. The van der Waals surface area contributed by atoms with E-state index in [2.05, 4.69) is 43.0 Å². The van der Waals surface area contributed by atoms with Crippen molar-refractivity contribution in [2.45, 2.75) is 31.2 Å². The minimum absolute atomic E-state index is 0.408. The number of thioether (sulfide) groups is 1. The molecule has 0 amide bonds. The topological polar surface area (TPSA) is 29.3 Å². The van der Waals surface area contributed by atoms with Gasteiger partial charge in [-0.3, -0.25) is 0 Å². The molecule has 3 heteroatoms. The lowest BCUT2D eigenvalue weighted by atomic mass is 9.95. The number of hydrogen-bond donors (Lipinski definition) is 1. The van der Waals surface area contributed by atoms with Crippen LogP contribution in [0.1, 0.15) is 18.9 Å². The Morgan fingerprint density at radius 3 is 2.72 bits per heavy atom. The van der Waals surface area contributed by atoms with Crippen LogP contribution in [0.5, 0.6) is 0 Å². The van der Waals surface area contributed by atoms with Crippen molar-refractivity contribution in [2.75, 3.05) is 25.4 Å². The predicted octanol–water partition coefficient (Wildman–Crippen LogP) is 2.76. The van der Waals surface area contributed by atoms with E-state index in [4.69, 9.17) is 5.73 Å². The molecule has 0 spiro atoms. The van der Waals surface area contributed by atoms with Gasteiger partial charge in [-0.25, -0.2) is 0 Å². The van der Waals surface area contributed by atoms with Gasteiger partial charge in [-0.2, -0.15) is 0 Å². The van der Waals surface area contributed by atoms with Crippen LogP contribution < -0.4 is 5.73 Å². The van der Waals surface area contributed by atoms with E-state index in [1.54, 1.807) is 0 Å². The fourth-order valence-corrected chi connectivity index (χ4v) is 3.29. The molecule has 18 heavy (non-hydrogen) atoms. The van der Waals surface area contributed by atoms with Gasteiger partial charge < -0.3 is 10.6 Å². The fraction of sp³-hybridized carbons (Fsp3) is 0.600. The zero-order chi connectivity index (χ0) is 13.0. The van der Waals surface area contributed by atoms with Crippen LogP contribution >= 0.6 is 11.8 Å². The molecule has 2 N–H and O–H groups in total. The lowest BCUT2D eigenvalue weighted by Gasteiger charge is -2.34. The third-order valence-corrected chi connectivity index (χ3v) is 4.75. The molecule has 1 aliphatic heterocycles. The lowest BCUT2D eigenvalue weighted by Crippen LogP contribution is -2.46. The second-order valence-corrected chi connectivity index (χ2v) is 6.56. The van der Waals surface area contributed by atoms with Gasteiger partial charge in [-0.1, -0.05) is 24.6 Å². The monoisotopic (exact) mass is 264 g/mol. The number of nitrogens with two attached hydrogens (primary N) is 1. The second-order valence-electron chi connectivity index (χ2n) is 5.39. The summed E-state index contributed by atoms with van der Waals surface area (Å²) in [5.41, 5.74) is 7.37. The van der Waals surface area contributed by atoms with Crippen LogP contribution in [-0.4, -0.2) is 36.3 Å². The molecule has 1 heterocycles. The summed E-state index contributed by atoms with van der Waals surface area (Å²) in [6.07, 6.45) is 1.15. The molecular weight excluding hydrogens is 240 g/mol. The van der Waals surface area contributed by atoms with E-state index in [1.807, 2.05) is 11.8 Å². The van der Waals surface area contributed by atoms with Crippen molar-refractivity contribution in [1.29, 1.82) is 0 Å². The molecule has 0 radical (unpaired) electrons. The normalized spacial score (nSPS) is 25.3. The highest BCUT2D eigenvalue weighted by Crippen LogP contribution is 2.20. The average molecular weight is 264 g/mol. The molecule has 1 fully saturated rings. The first-order valence-electron chi connectivity index (χ1n) is 6.82. The van der Waals surface area contributed by atoms with Gasteiger partial charge in [0.05, 0.1) is 0 Å². The van der Waals surface area contributed by atoms with E-state index in [0.717, 1.165) is 13.0 Å². The molecule has 1 aliphatic rings. The van der Waals surface area contributed by atoms with Crippen molar-refractivity contribution < 1.29 is 0 Å². The summed E-state index contributed by atoms with van der Waals surface area (Å²) in [4.78, 5) is 3.93. The van der Waals surface area contributed by atoms with Crippen molar-refractivity contribution in [3.63, 3.8) is 0 Å². The van der Waals surface area contributed by atoms with Gasteiger partial charge in [-0.15, -0.1) is 11.8 Å². The summed E-state index contributed by atoms with van der Waals surface area (Å²) in [6.45, 7) is 7.90. The van der Waals surface area contributed by atoms with Crippen molar-refractivity contribution in [3.05, 3.63) is 29.8 Å². The SMILES string of the molecule is Cc1ccc(SCCN2CCC(N)C(C)C2)cc1. The van der Waals surface area contributed by atoms with Gasteiger partial charge in [-0.05, 0) is 37.9 Å². The highest BCUT2D eigenvalue weighted by Gasteiger charge is 2.22. The Bertz CT molecular complexity index is 363. The smallest absolute Gasteiger partial charge is 0.0108 e. The minimum Gasteiger partial charge on any atom is -0.327 e. The van der Waals surface area contributed by atoms with Gasteiger partial charge in [0.15, 0.2) is 0 Å². The molecule has 2 nitrogen and oxygen atoms in total. The first-order valence-corrected chi connectivity index (χ1v) is 7.81. The van der Waals surface area contributed by atoms with E-state index in [-0.39, 0.29) is 0 Å². The number of likely N-dealkylation sites (tertiary alicyclic amines) is 1. The zero-order valence-corrected chi connectivity index (χ0v) is 12.2. The molecular formula is C15H24N2S. The number of rotatable bonds is 4. The summed E-state index contributed by atoms with van der Waals surface area (Å²) < 4.78 is 0. The molecule has 2 rings (SSSR count). The van der Waals surface area contributed by atoms with Gasteiger partial charge in [0.25, 0.3) is 0 Å². The van der Waals surface area contributed by atoms with E-state index in [1.165, 1.54) is 29.3 Å². The Balaban J connectivity index is 1.71. The second kappa shape index (κ2) is 6.60. The van der Waals surface area contributed by atoms with Crippen molar-refractivity contribution >= 4 is 11.8 Å². The van der Waals surface area contributed by atoms with Crippen LogP contribution in [0.3, 0.4) is 0 Å². The standard InChI is InChI=1S/C15H24N2S/c1-12-3-5-14(6-4-12)18-10-9-17-8-7-15(16)13(2)11-17/h3-6,13,15H,7-11,16H2,1-2H3. The van der Waals surface area contributed by atoms with E-state index in [0.29, 0.717) is 12.0 Å². The first-order chi connectivity index (χ1) is 8.65. The highest BCUT2D eigenvalue weighted by atomic mass is 32.2. The molecule has 2 unspecified atom stereocenters. The Kier molecular flexibility index (Phi) is 5.10. The quantitative estimate of drug-likeness (QED) is 0.848. The summed E-state index contributed by atoms with van der Waals surface area (Å²) in [5.74, 6) is 1.81. The van der Waals surface area contributed by atoms with Crippen molar-refractivity contribution in [3.8, 4) is 0 Å². The fourth-order valence-electron chi connectivity index (χ4n) is 2.38. The predicted molar refractivity (Wildman–Crippen MR) is 80.1 cm³/mol. The number of nitrogens with zero attached hydrogens (tertiary/aromatic N) is 1. The molecule has 0 bridgehead atoms. The maximum Gasteiger partial charge on any atom is 0.0108 e. The molecule has 1 saturated heterocycles. The average Bonchev–Trinajstić information content (AvgIpc) is 2.36. The van der Waals surface area contributed by atoms with Gasteiger partial charge in [0.1, 0.15) is 0 Å². The van der Waals surface area contributed by atoms with Crippen molar-refractivity contribution in [1.82, 2.24) is 4.90 Å². The summed E-state index contributed by atoms with van der Waals surface area (Å²) in [6, 6.07) is 9.21. The summed E-state index contributed by atoms with van der Waals surface area (Å²) in [5, 5.41) is 0. The number of hydrogen-bond acceptors (Lipinski definition) is 3. The molecule has 2 atom stereocenters. The zero-order valence-electron chi connectivity index (χ0n) is 11.4. The molecule has 0 aromatic heterocycles. The van der Waals surface area contributed by atoms with E-state index < -0.39 is 0 Å². The van der Waals surface area contributed by atoms with Gasteiger partial charge >= 0.3 is 0 Å². The van der Waals surface area contributed by atoms with E-state index >= 15 is 0 Å². The molecule has 0 saturated carbocycles. The Morgan fingerprint density at radius 1 is 1.33 bits per heavy atom. The lowest BCUT2D eigenvalue weighted by molar-refractivity contribution is 0.173. The minimum atomic E-state index is 0.408. The molecule has 1 aromatic rings. The van der Waals surface area contributed by atoms with Crippen LogP contribution in [0.2, 0.25) is 0 Å². The van der Waals surface area contributed by atoms with Crippen LogP contribution in [0, 0.1) is 12.8 Å². The Morgan fingerprint density at radius 2 is 2.06 bits per heavy atom. The van der Waals surface area contributed by atoms with Crippen LogP contribution in [0.4, 0.5) is 0 Å². The van der Waals surface area contributed by atoms with Crippen molar-refractivity contribution in [2.24, 2.45) is 11.7 Å². The Labute approximate surface area is 115 Å². The van der Waals surface area contributed by atoms with E-state index in [9.17, 15) is 0 Å². The number of benzene rings is 1. The van der Waals surface area contributed by atoms with Crippen LogP contribution in [0.15, 0.2) is 29.2 Å². The highest BCUT2D eigenvalue weighted by molar-refractivity contribution is 7.99. The molecule has 0 aliphatic carbocycles. The number of piperidine rings is 1. The maximum atomic E-state index is 6.04. The van der Waals surface area contributed by atoms with Gasteiger partial charge in [0.2, 0.25) is 0 Å². The van der Waals surface area contributed by atoms with Crippen LogP contribution in [-0.2, 0) is 0 Å². The third-order valence-electron chi connectivity index (χ3n) is 3.75. The third kappa shape index (κ3) is 4.01. The largest absolute Gasteiger partial charge is 0.327 e. The first kappa shape index (κ1) is 13.9. The maximum absolute atomic E-state index is 6.04. The van der Waals surface area contributed by atoms with Crippen LogP contribution in [0.25, 0.3) is 0 Å². The Hall–Kier alpha value is -0.510. The van der Waals surface area contributed by atoms with Gasteiger partial charge in [0, 0.05) is 29.8 Å². The summed E-state index contributed by atoms with van der Waals surface area (Å²) >= 11 is 1.95. The number of aryl methyl sites for hydroxylation is 1. The summed E-state index contributed by atoms with van der Waals surface area (Å²) in [7, 11) is 0. The molecule has 1 aromatic carbocycles.